The van der Waals surface area contributed by atoms with Crippen molar-refractivity contribution in [2.75, 3.05) is 0 Å². The molecule has 6 nitrogen and oxygen atoms in total. The van der Waals surface area contributed by atoms with Gasteiger partial charge in [-0.25, -0.2) is 9.48 Å². The van der Waals surface area contributed by atoms with Crippen LogP contribution >= 0.6 is 0 Å². The molecule has 0 aliphatic carbocycles. The van der Waals surface area contributed by atoms with Crippen LogP contribution in [0.1, 0.15) is 35.3 Å². The normalized spacial score (nSPS) is 10.6. The number of aromatic nitrogens is 3. The Morgan fingerprint density at radius 3 is 3.00 bits per heavy atom. The summed E-state index contributed by atoms with van der Waals surface area (Å²) < 4.78 is 6.78. The summed E-state index contributed by atoms with van der Waals surface area (Å²) in [5, 5.41) is 16.5. The van der Waals surface area contributed by atoms with Crippen LogP contribution in [0.3, 0.4) is 0 Å². The van der Waals surface area contributed by atoms with E-state index in [0.717, 1.165) is 12.2 Å². The molecule has 2 heterocycles. The van der Waals surface area contributed by atoms with Gasteiger partial charge in [-0.3, -0.25) is 0 Å². The van der Waals surface area contributed by atoms with Gasteiger partial charge in [0, 0.05) is 0 Å². The van der Waals surface area contributed by atoms with Crippen LogP contribution in [-0.2, 0) is 13.0 Å². The molecule has 0 atom stereocenters. The van der Waals surface area contributed by atoms with Gasteiger partial charge in [-0.15, -0.1) is 5.10 Å². The number of nitrogens with zero attached hydrogens (tertiary/aromatic N) is 3. The number of rotatable bonds is 5. The van der Waals surface area contributed by atoms with Crippen LogP contribution in [0.4, 0.5) is 0 Å². The summed E-state index contributed by atoms with van der Waals surface area (Å²) in [5.41, 5.74) is 0.662. The highest BCUT2D eigenvalue weighted by atomic mass is 16.4. The predicted molar refractivity (Wildman–Crippen MR) is 58.8 cm³/mol. The molecule has 90 valence electrons. The Labute approximate surface area is 97.9 Å². The zero-order valence-corrected chi connectivity index (χ0v) is 9.46. The van der Waals surface area contributed by atoms with Crippen LogP contribution in [0.2, 0.25) is 0 Å². The summed E-state index contributed by atoms with van der Waals surface area (Å²) in [6.07, 6.45) is 3.05. The van der Waals surface area contributed by atoms with E-state index >= 15 is 0 Å². The van der Waals surface area contributed by atoms with Gasteiger partial charge in [-0.1, -0.05) is 18.6 Å². The van der Waals surface area contributed by atoms with Crippen molar-refractivity contribution in [3.05, 3.63) is 35.5 Å². The van der Waals surface area contributed by atoms with E-state index in [2.05, 4.69) is 10.3 Å². The van der Waals surface area contributed by atoms with Gasteiger partial charge < -0.3 is 9.52 Å². The number of carboxylic acids is 1. The van der Waals surface area contributed by atoms with E-state index in [4.69, 9.17) is 9.52 Å². The molecule has 0 fully saturated rings. The van der Waals surface area contributed by atoms with Gasteiger partial charge in [0.15, 0.2) is 5.69 Å². The Morgan fingerprint density at radius 1 is 1.59 bits per heavy atom. The first-order chi connectivity index (χ1) is 8.22. The Balaban J connectivity index is 2.30. The van der Waals surface area contributed by atoms with Crippen molar-refractivity contribution in [2.45, 2.75) is 26.3 Å². The number of carbonyl (C=O) groups is 1. The zero-order chi connectivity index (χ0) is 12.3. The number of hydrogen-bond donors (Lipinski definition) is 1. The van der Waals surface area contributed by atoms with E-state index in [1.165, 1.54) is 0 Å². The van der Waals surface area contributed by atoms with E-state index < -0.39 is 5.97 Å². The molecular formula is C11H13N3O3. The van der Waals surface area contributed by atoms with Crippen molar-refractivity contribution in [1.82, 2.24) is 15.0 Å². The second kappa shape index (κ2) is 4.82. The van der Waals surface area contributed by atoms with Crippen molar-refractivity contribution < 1.29 is 14.3 Å². The average molecular weight is 235 g/mol. The minimum atomic E-state index is -1.04. The maximum atomic E-state index is 11.0. The van der Waals surface area contributed by atoms with Crippen molar-refractivity contribution in [3.63, 3.8) is 0 Å². The number of hydrogen-bond acceptors (Lipinski definition) is 4. The van der Waals surface area contributed by atoms with Crippen LogP contribution < -0.4 is 0 Å². The topological polar surface area (TPSA) is 81.1 Å². The Morgan fingerprint density at radius 2 is 2.41 bits per heavy atom. The fourth-order valence-corrected chi connectivity index (χ4v) is 1.66. The summed E-state index contributed by atoms with van der Waals surface area (Å²) >= 11 is 0. The van der Waals surface area contributed by atoms with Gasteiger partial charge in [0.05, 0.1) is 12.0 Å². The Kier molecular flexibility index (Phi) is 3.22. The highest BCUT2D eigenvalue weighted by Gasteiger charge is 2.18. The molecular weight excluding hydrogens is 222 g/mol. The Hall–Kier alpha value is -2.11. The van der Waals surface area contributed by atoms with E-state index in [0.29, 0.717) is 18.7 Å². The molecule has 0 unspecified atom stereocenters. The number of furan rings is 1. The lowest BCUT2D eigenvalue weighted by atomic mass is 10.2. The molecule has 2 aromatic rings. The van der Waals surface area contributed by atoms with Crippen molar-refractivity contribution in [2.24, 2.45) is 0 Å². The first kappa shape index (κ1) is 11.4. The monoisotopic (exact) mass is 235 g/mol. The standard InChI is InChI=1S/C11H13N3O3/c1-2-4-9-10(11(15)16)12-13-14(9)7-8-5-3-6-17-8/h3,5-6H,2,4,7H2,1H3,(H,15,16). The van der Waals surface area contributed by atoms with Crippen molar-refractivity contribution in [3.8, 4) is 0 Å². The van der Waals surface area contributed by atoms with Crippen molar-refractivity contribution >= 4 is 5.97 Å². The molecule has 2 aromatic heterocycles. The lowest BCUT2D eigenvalue weighted by Gasteiger charge is -2.03. The lowest BCUT2D eigenvalue weighted by molar-refractivity contribution is 0.0689. The second-order valence-corrected chi connectivity index (χ2v) is 3.68. The summed E-state index contributed by atoms with van der Waals surface area (Å²) in [7, 11) is 0. The third-order valence-electron chi connectivity index (χ3n) is 2.41. The van der Waals surface area contributed by atoms with Crippen LogP contribution in [0.15, 0.2) is 22.8 Å². The summed E-state index contributed by atoms with van der Waals surface area (Å²) in [5.74, 6) is -0.316. The summed E-state index contributed by atoms with van der Waals surface area (Å²) in [4.78, 5) is 11.0. The molecule has 0 radical (unpaired) electrons. The summed E-state index contributed by atoms with van der Waals surface area (Å²) in [6.45, 7) is 2.39. The third kappa shape index (κ3) is 2.35. The molecule has 0 aliphatic heterocycles. The molecule has 0 saturated carbocycles. The largest absolute Gasteiger partial charge is 0.476 e. The van der Waals surface area contributed by atoms with Gasteiger partial charge in [0.25, 0.3) is 0 Å². The first-order valence-corrected chi connectivity index (χ1v) is 5.40. The predicted octanol–water partition coefficient (Wildman–Crippen LogP) is 1.57. The molecule has 0 bridgehead atoms. The minimum Gasteiger partial charge on any atom is -0.476 e. The van der Waals surface area contributed by atoms with E-state index in [1.807, 2.05) is 13.0 Å². The van der Waals surface area contributed by atoms with Gasteiger partial charge >= 0.3 is 5.97 Å². The highest BCUT2D eigenvalue weighted by Crippen LogP contribution is 2.11. The highest BCUT2D eigenvalue weighted by molar-refractivity contribution is 5.86. The smallest absolute Gasteiger partial charge is 0.358 e. The third-order valence-corrected chi connectivity index (χ3v) is 2.41. The maximum Gasteiger partial charge on any atom is 0.358 e. The number of aromatic carboxylic acids is 1. The molecule has 0 saturated heterocycles. The SMILES string of the molecule is CCCc1c(C(=O)O)nnn1Cc1ccco1. The molecule has 6 heteroatoms. The van der Waals surface area contributed by atoms with Gasteiger partial charge in [0.2, 0.25) is 0 Å². The van der Waals surface area contributed by atoms with Crippen LogP contribution in [0.5, 0.6) is 0 Å². The van der Waals surface area contributed by atoms with Crippen LogP contribution in [0.25, 0.3) is 0 Å². The number of carboxylic acid groups (broad SMARTS) is 1. The lowest BCUT2D eigenvalue weighted by Crippen LogP contribution is -2.08. The van der Waals surface area contributed by atoms with E-state index in [9.17, 15) is 4.79 Å². The van der Waals surface area contributed by atoms with Crippen LogP contribution in [0, 0.1) is 0 Å². The molecule has 0 spiro atoms. The Bertz CT molecular complexity index is 502. The molecule has 1 N–H and O–H groups in total. The zero-order valence-electron chi connectivity index (χ0n) is 9.46. The molecule has 0 aliphatic rings. The average Bonchev–Trinajstić information content (AvgIpc) is 2.90. The fraction of sp³-hybridized carbons (Fsp3) is 0.364. The first-order valence-electron chi connectivity index (χ1n) is 5.40. The molecule has 17 heavy (non-hydrogen) atoms. The fourth-order valence-electron chi connectivity index (χ4n) is 1.66. The van der Waals surface area contributed by atoms with Crippen molar-refractivity contribution in [1.29, 1.82) is 0 Å². The second-order valence-electron chi connectivity index (χ2n) is 3.68. The van der Waals surface area contributed by atoms with Gasteiger partial charge in [-0.05, 0) is 18.6 Å². The summed E-state index contributed by atoms with van der Waals surface area (Å²) in [6, 6.07) is 3.60. The molecule has 0 amide bonds. The van der Waals surface area contributed by atoms with E-state index in [-0.39, 0.29) is 5.69 Å². The maximum absolute atomic E-state index is 11.0. The molecule has 0 aromatic carbocycles. The van der Waals surface area contributed by atoms with Crippen LogP contribution in [-0.4, -0.2) is 26.1 Å². The van der Waals surface area contributed by atoms with Gasteiger partial charge in [0.1, 0.15) is 12.3 Å². The molecule has 2 rings (SSSR count). The quantitative estimate of drug-likeness (QED) is 0.850. The minimum absolute atomic E-state index is 0.0263. The van der Waals surface area contributed by atoms with E-state index in [1.54, 1.807) is 17.0 Å². The van der Waals surface area contributed by atoms with Gasteiger partial charge in [-0.2, -0.15) is 0 Å².